The van der Waals surface area contributed by atoms with Crippen LogP contribution in [0.25, 0.3) is 33.2 Å². The molecule has 4 unspecified atom stereocenters. The summed E-state index contributed by atoms with van der Waals surface area (Å²) >= 11 is 1.36. The number of imidazole rings is 1. The maximum Gasteiger partial charge on any atom is 0.407 e. The minimum Gasteiger partial charge on any atom is -0.465 e. The van der Waals surface area contributed by atoms with Gasteiger partial charge < -0.3 is 19.5 Å². The molecule has 2 amide bonds. The van der Waals surface area contributed by atoms with Gasteiger partial charge in [0.2, 0.25) is 5.91 Å². The number of aryl methyl sites for hydroxylation is 2. The molecule has 2 saturated heterocycles. The Kier molecular flexibility index (Phi) is 6.54. The lowest BCUT2D eigenvalue weighted by molar-refractivity contribution is -0.128. The molecule has 0 radical (unpaired) electrons. The predicted octanol–water partition coefficient (Wildman–Crippen LogP) is 5.00. The van der Waals surface area contributed by atoms with Crippen molar-refractivity contribution in [3.63, 3.8) is 0 Å². The molecule has 1 aromatic carbocycles. The first-order chi connectivity index (χ1) is 20.7. The zero-order chi connectivity index (χ0) is 30.2. The second-order valence-corrected chi connectivity index (χ2v) is 12.6. The van der Waals surface area contributed by atoms with Gasteiger partial charge in [-0.3, -0.25) is 9.78 Å². The lowest BCUT2D eigenvalue weighted by Gasteiger charge is -2.38. The van der Waals surface area contributed by atoms with Crippen LogP contribution < -0.4 is 0 Å². The summed E-state index contributed by atoms with van der Waals surface area (Å²) in [6, 6.07) is 7.63. The lowest BCUT2D eigenvalue weighted by atomic mass is 9.79. The number of thioether (sulfide) groups is 1. The van der Waals surface area contributed by atoms with Crippen LogP contribution in [0, 0.1) is 23.1 Å². The average Bonchev–Trinajstić information content (AvgIpc) is 3.77. The number of aromatic nitrogens is 4. The minimum atomic E-state index is -0.955. The third-order valence-corrected chi connectivity index (χ3v) is 10.0. The second-order valence-electron chi connectivity index (χ2n) is 11.8. The number of benzene rings is 1. The van der Waals surface area contributed by atoms with E-state index in [0.29, 0.717) is 52.2 Å². The molecule has 43 heavy (non-hydrogen) atoms. The van der Waals surface area contributed by atoms with Gasteiger partial charge in [-0.2, -0.15) is 5.26 Å². The number of carbonyl (C=O) groups excluding carboxylic acids is 1. The normalized spacial score (nSPS) is 22.1. The van der Waals surface area contributed by atoms with Crippen molar-refractivity contribution in [1.29, 1.82) is 5.26 Å². The van der Waals surface area contributed by atoms with E-state index in [-0.39, 0.29) is 47.5 Å². The number of nitrogens with zero attached hydrogens (tertiary/aromatic N) is 7. The van der Waals surface area contributed by atoms with Crippen LogP contribution in [0.15, 0.2) is 29.4 Å². The number of pyridine rings is 2. The number of nitriles is 1. The highest BCUT2D eigenvalue weighted by molar-refractivity contribution is 7.98. The average molecular weight is 600 g/mol. The third kappa shape index (κ3) is 4.08. The topological polar surface area (TPSA) is 128 Å². The summed E-state index contributed by atoms with van der Waals surface area (Å²) < 4.78 is 18.7. The van der Waals surface area contributed by atoms with E-state index in [9.17, 15) is 20.0 Å². The van der Waals surface area contributed by atoms with Gasteiger partial charge in [0.05, 0.1) is 29.6 Å². The summed E-state index contributed by atoms with van der Waals surface area (Å²) in [5.74, 6) is -0.176. The molecule has 4 aliphatic rings. The molecule has 8 rings (SSSR count). The number of halogens is 1. The first-order valence-corrected chi connectivity index (χ1v) is 15.6. The number of fused-ring (bicyclic) bond motifs is 5. The van der Waals surface area contributed by atoms with E-state index in [1.54, 1.807) is 20.3 Å². The number of carboxylic acid groups (broad SMARTS) is 1. The monoisotopic (exact) mass is 599 g/mol. The van der Waals surface area contributed by atoms with Gasteiger partial charge in [-0.1, -0.05) is 18.2 Å². The van der Waals surface area contributed by atoms with Crippen LogP contribution >= 0.6 is 11.8 Å². The Labute approximate surface area is 251 Å². The molecule has 1 N–H and O–H groups in total. The Bertz CT molecular complexity index is 1880. The Hall–Kier alpha value is -4.24. The molecule has 4 atom stereocenters. The van der Waals surface area contributed by atoms with Crippen LogP contribution in [0.4, 0.5) is 9.18 Å². The fraction of sp³-hybridized carbons (Fsp3) is 0.419. The van der Waals surface area contributed by atoms with Gasteiger partial charge in [-0.25, -0.2) is 19.2 Å². The summed E-state index contributed by atoms with van der Waals surface area (Å²) in [6.45, 7) is 0.425. The molecule has 10 nitrogen and oxygen atoms in total. The van der Waals surface area contributed by atoms with Crippen LogP contribution in [0.3, 0.4) is 0 Å². The van der Waals surface area contributed by atoms with Crippen molar-refractivity contribution in [1.82, 2.24) is 29.3 Å². The van der Waals surface area contributed by atoms with E-state index < -0.39 is 11.9 Å². The Balaban J connectivity index is 1.45. The maximum absolute atomic E-state index is 16.6. The smallest absolute Gasteiger partial charge is 0.407 e. The quantitative estimate of drug-likeness (QED) is 0.307. The van der Waals surface area contributed by atoms with Crippen molar-refractivity contribution < 1.29 is 19.1 Å². The summed E-state index contributed by atoms with van der Waals surface area (Å²) in [7, 11) is 3.41. The minimum absolute atomic E-state index is 0.0427. The molecule has 2 aliphatic carbocycles. The summed E-state index contributed by atoms with van der Waals surface area (Å²) in [4.78, 5) is 41.9. The summed E-state index contributed by atoms with van der Waals surface area (Å²) in [6.07, 6.45) is 5.34. The van der Waals surface area contributed by atoms with E-state index >= 15 is 4.39 Å². The Morgan fingerprint density at radius 2 is 2.07 bits per heavy atom. The molecule has 4 aromatic rings. The highest BCUT2D eigenvalue weighted by Crippen LogP contribution is 2.52. The Morgan fingerprint density at radius 1 is 1.26 bits per heavy atom. The van der Waals surface area contributed by atoms with E-state index in [2.05, 4.69) is 15.6 Å². The van der Waals surface area contributed by atoms with E-state index in [0.717, 1.165) is 24.0 Å². The maximum atomic E-state index is 16.6. The largest absolute Gasteiger partial charge is 0.465 e. The number of hydrogen-bond acceptors (Lipinski definition) is 7. The fourth-order valence-electron chi connectivity index (χ4n) is 7.28. The summed E-state index contributed by atoms with van der Waals surface area (Å²) in [5.41, 5.74) is 4.06. The zero-order valence-electron chi connectivity index (χ0n) is 24.0. The van der Waals surface area contributed by atoms with Gasteiger partial charge in [0.1, 0.15) is 27.6 Å². The van der Waals surface area contributed by atoms with Crippen LogP contribution in [0.2, 0.25) is 0 Å². The predicted molar refractivity (Wildman–Crippen MR) is 159 cm³/mol. The molecule has 2 aliphatic heterocycles. The molecular formula is C31H30FN7O3S. The number of hydrogen-bond donors (Lipinski definition) is 1. The molecule has 5 heterocycles. The molecule has 3 fully saturated rings. The van der Waals surface area contributed by atoms with Crippen molar-refractivity contribution in [2.75, 3.05) is 26.9 Å². The van der Waals surface area contributed by atoms with Crippen LogP contribution in [0.1, 0.15) is 48.2 Å². The first kappa shape index (κ1) is 27.6. The standard InChI is InChI=1S/C31H30FN7O3S/c1-37(2)22(40)10-9-21-35-27-29(39(21)28-17-11-20(28)38(14-17)31(41)42)19-13-34-25(24(32)26(19)36-30(27)43-3)18-6-4-5-15-7-8-16(12-33)23(15)18/h4-6,13,16-17,20,28H,7-11,14H2,1-3H3,(H,41,42). The van der Waals surface area contributed by atoms with Crippen molar-refractivity contribution >= 4 is 45.7 Å². The van der Waals surface area contributed by atoms with E-state index in [1.807, 2.05) is 24.5 Å². The number of amides is 2. The third-order valence-electron chi connectivity index (χ3n) is 9.36. The molecule has 3 aromatic heterocycles. The zero-order valence-corrected chi connectivity index (χ0v) is 24.9. The SMILES string of the molecule is CSc1nc2c(F)c(-c3cccc4c3C(C#N)CC4)ncc2c2c1nc(CCC(=O)N(C)C)n2C1C2CC1N(C(=O)O)C2. The van der Waals surface area contributed by atoms with Gasteiger partial charge in [0.15, 0.2) is 5.82 Å². The molecule has 12 heteroatoms. The molecule has 220 valence electrons. The van der Waals surface area contributed by atoms with Crippen LogP contribution in [0.5, 0.6) is 0 Å². The summed E-state index contributed by atoms with van der Waals surface area (Å²) in [5, 5.41) is 20.7. The highest BCUT2D eigenvalue weighted by atomic mass is 32.2. The van der Waals surface area contributed by atoms with Crippen molar-refractivity contribution in [2.24, 2.45) is 5.92 Å². The molecule has 0 spiro atoms. The van der Waals surface area contributed by atoms with Crippen molar-refractivity contribution in [3.05, 3.63) is 47.2 Å². The first-order valence-electron chi connectivity index (χ1n) is 14.4. The van der Waals surface area contributed by atoms with E-state index in [1.165, 1.54) is 21.6 Å². The molecule has 1 saturated carbocycles. The second kappa shape index (κ2) is 10.2. The highest BCUT2D eigenvalue weighted by Gasteiger charge is 2.55. The van der Waals surface area contributed by atoms with Crippen molar-refractivity contribution in [2.45, 2.75) is 55.1 Å². The van der Waals surface area contributed by atoms with Gasteiger partial charge in [0.25, 0.3) is 0 Å². The van der Waals surface area contributed by atoms with Crippen LogP contribution in [-0.4, -0.2) is 79.4 Å². The number of carbonyl (C=O) groups is 2. The van der Waals surface area contributed by atoms with E-state index in [4.69, 9.17) is 9.97 Å². The van der Waals surface area contributed by atoms with Gasteiger partial charge >= 0.3 is 6.09 Å². The van der Waals surface area contributed by atoms with Crippen LogP contribution in [-0.2, 0) is 17.6 Å². The molecular weight excluding hydrogens is 569 g/mol. The van der Waals surface area contributed by atoms with Gasteiger partial charge in [-0.15, -0.1) is 11.8 Å². The van der Waals surface area contributed by atoms with Gasteiger partial charge in [0, 0.05) is 56.5 Å². The van der Waals surface area contributed by atoms with Gasteiger partial charge in [-0.05, 0) is 36.6 Å². The van der Waals surface area contributed by atoms with Crippen molar-refractivity contribution in [3.8, 4) is 17.3 Å². The number of rotatable bonds is 6. The fourth-order valence-corrected chi connectivity index (χ4v) is 7.80. The molecule has 2 bridgehead atoms. The Morgan fingerprint density at radius 3 is 2.77 bits per heavy atom. The lowest BCUT2D eigenvalue weighted by Crippen LogP contribution is -2.42.